The first-order chi connectivity index (χ1) is 6.33. The molecule has 0 aliphatic rings. The van der Waals surface area contributed by atoms with E-state index in [9.17, 15) is 0 Å². The molecule has 2 aromatic rings. The van der Waals surface area contributed by atoms with Crippen molar-refractivity contribution in [1.29, 1.82) is 0 Å². The summed E-state index contributed by atoms with van der Waals surface area (Å²) in [6.07, 6.45) is 3.66. The third-order valence-electron chi connectivity index (χ3n) is 2.26. The van der Waals surface area contributed by atoms with Gasteiger partial charge in [-0.05, 0) is 36.1 Å². The van der Waals surface area contributed by atoms with E-state index in [0.29, 0.717) is 0 Å². The molecule has 0 aliphatic heterocycles. The third kappa shape index (κ3) is 1.24. The topological polar surface area (TPSA) is 22.1 Å². The predicted octanol–water partition coefficient (Wildman–Crippen LogP) is 2.55. The smallest absolute Gasteiger partial charge is 0.122 e. The Morgan fingerprint density at radius 1 is 1.23 bits per heavy atom. The molecule has 0 aliphatic carbocycles. The Morgan fingerprint density at radius 2 is 2.08 bits per heavy atom. The van der Waals surface area contributed by atoms with Crippen LogP contribution in [0.1, 0.15) is 5.56 Å². The van der Waals surface area contributed by atoms with Gasteiger partial charge in [-0.15, -0.1) is 0 Å². The van der Waals surface area contributed by atoms with E-state index in [1.54, 1.807) is 13.3 Å². The van der Waals surface area contributed by atoms with E-state index < -0.39 is 0 Å². The Labute approximate surface area is 77.2 Å². The van der Waals surface area contributed by atoms with Crippen molar-refractivity contribution in [3.63, 3.8) is 0 Å². The molecule has 2 nitrogen and oxygen atoms in total. The van der Waals surface area contributed by atoms with Gasteiger partial charge in [0.1, 0.15) is 5.75 Å². The summed E-state index contributed by atoms with van der Waals surface area (Å²) in [5, 5.41) is 2.36. The fraction of sp³-hybridized carbons (Fsp3) is 0.182. The Bertz CT molecular complexity index is 437. The average molecular weight is 173 g/mol. The van der Waals surface area contributed by atoms with E-state index in [0.717, 1.165) is 11.1 Å². The molecule has 0 saturated heterocycles. The summed E-state index contributed by atoms with van der Waals surface area (Å²) in [4.78, 5) is 4.07. The number of aromatic nitrogens is 1. The van der Waals surface area contributed by atoms with Crippen LogP contribution in [0.3, 0.4) is 0 Å². The highest BCUT2D eigenvalue weighted by molar-refractivity contribution is 5.86. The molecule has 1 heterocycles. The molecule has 0 unspecified atom stereocenters. The summed E-state index contributed by atoms with van der Waals surface area (Å²) in [5.74, 6) is 0.929. The van der Waals surface area contributed by atoms with Crippen LogP contribution in [-0.2, 0) is 0 Å². The quantitative estimate of drug-likeness (QED) is 0.661. The zero-order valence-electron chi connectivity index (χ0n) is 7.74. The fourth-order valence-electron chi connectivity index (χ4n) is 1.53. The van der Waals surface area contributed by atoms with Gasteiger partial charge in [-0.25, -0.2) is 0 Å². The highest BCUT2D eigenvalue weighted by atomic mass is 16.5. The van der Waals surface area contributed by atoms with Crippen LogP contribution in [0.15, 0.2) is 30.6 Å². The number of aryl methyl sites for hydroxylation is 1. The molecule has 0 N–H and O–H groups in total. The number of hydrogen-bond acceptors (Lipinski definition) is 2. The minimum atomic E-state index is 0.929. The Kier molecular flexibility index (Phi) is 1.89. The van der Waals surface area contributed by atoms with Gasteiger partial charge in [0, 0.05) is 17.8 Å². The second kappa shape index (κ2) is 3.05. The summed E-state index contributed by atoms with van der Waals surface area (Å²) >= 11 is 0. The minimum Gasteiger partial charge on any atom is -0.496 e. The Balaban J connectivity index is 2.79. The van der Waals surface area contributed by atoms with Gasteiger partial charge in [-0.1, -0.05) is 0 Å². The molecule has 0 radical (unpaired) electrons. The number of pyridine rings is 1. The standard InChI is InChI=1S/C11H11NO/c1-8-10-5-6-12-7-9(10)3-4-11(8)13-2/h3-7H,1-2H3. The predicted molar refractivity (Wildman–Crippen MR) is 53.0 cm³/mol. The first-order valence-electron chi connectivity index (χ1n) is 4.20. The highest BCUT2D eigenvalue weighted by Crippen LogP contribution is 2.25. The second-order valence-electron chi connectivity index (χ2n) is 2.99. The number of hydrogen-bond donors (Lipinski definition) is 0. The molecule has 2 rings (SSSR count). The highest BCUT2D eigenvalue weighted by Gasteiger charge is 2.01. The van der Waals surface area contributed by atoms with Crippen molar-refractivity contribution in [1.82, 2.24) is 4.98 Å². The van der Waals surface area contributed by atoms with Crippen LogP contribution in [0.25, 0.3) is 10.8 Å². The van der Waals surface area contributed by atoms with Gasteiger partial charge < -0.3 is 4.74 Å². The molecule has 66 valence electrons. The van der Waals surface area contributed by atoms with Crippen LogP contribution in [0.2, 0.25) is 0 Å². The number of ether oxygens (including phenoxy) is 1. The normalized spacial score (nSPS) is 10.3. The Hall–Kier alpha value is -1.57. The van der Waals surface area contributed by atoms with E-state index in [1.165, 1.54) is 10.9 Å². The summed E-state index contributed by atoms with van der Waals surface area (Å²) in [5.41, 5.74) is 1.17. The molecule has 2 heteroatoms. The monoisotopic (exact) mass is 173 g/mol. The zero-order valence-corrected chi connectivity index (χ0v) is 7.74. The molecule has 0 spiro atoms. The number of methoxy groups -OCH3 is 1. The summed E-state index contributed by atoms with van der Waals surface area (Å²) in [7, 11) is 1.69. The van der Waals surface area contributed by atoms with Crippen LogP contribution in [0.5, 0.6) is 5.75 Å². The molecule has 0 saturated carbocycles. The molecule has 0 fully saturated rings. The van der Waals surface area contributed by atoms with Gasteiger partial charge in [-0.2, -0.15) is 0 Å². The lowest BCUT2D eigenvalue weighted by atomic mass is 10.1. The van der Waals surface area contributed by atoms with Gasteiger partial charge >= 0.3 is 0 Å². The van der Waals surface area contributed by atoms with Crippen molar-refractivity contribution in [3.05, 3.63) is 36.2 Å². The molecule has 0 atom stereocenters. The van der Waals surface area contributed by atoms with E-state index in [4.69, 9.17) is 4.74 Å². The van der Waals surface area contributed by atoms with Gasteiger partial charge in [0.15, 0.2) is 0 Å². The third-order valence-corrected chi connectivity index (χ3v) is 2.26. The van der Waals surface area contributed by atoms with Crippen LogP contribution in [0.4, 0.5) is 0 Å². The maximum atomic E-state index is 5.23. The number of nitrogens with zero attached hydrogens (tertiary/aromatic N) is 1. The molecule has 0 bridgehead atoms. The van der Waals surface area contributed by atoms with Crippen LogP contribution < -0.4 is 4.74 Å². The van der Waals surface area contributed by atoms with Crippen LogP contribution >= 0.6 is 0 Å². The average Bonchev–Trinajstić information content (AvgIpc) is 2.19. The van der Waals surface area contributed by atoms with Crippen molar-refractivity contribution in [2.75, 3.05) is 7.11 Å². The van der Waals surface area contributed by atoms with Crippen molar-refractivity contribution in [2.24, 2.45) is 0 Å². The molecule has 13 heavy (non-hydrogen) atoms. The van der Waals surface area contributed by atoms with Crippen molar-refractivity contribution in [3.8, 4) is 5.75 Å². The summed E-state index contributed by atoms with van der Waals surface area (Å²) in [6.45, 7) is 2.06. The first-order valence-corrected chi connectivity index (χ1v) is 4.20. The van der Waals surface area contributed by atoms with Gasteiger partial charge in [0.05, 0.1) is 7.11 Å². The lowest BCUT2D eigenvalue weighted by molar-refractivity contribution is 0.412. The molecular formula is C11H11NO. The van der Waals surface area contributed by atoms with Crippen LogP contribution in [-0.4, -0.2) is 12.1 Å². The largest absolute Gasteiger partial charge is 0.496 e. The summed E-state index contributed by atoms with van der Waals surface area (Å²) < 4.78 is 5.23. The van der Waals surface area contributed by atoms with Gasteiger partial charge in [-0.3, -0.25) is 4.98 Å². The number of rotatable bonds is 1. The van der Waals surface area contributed by atoms with Gasteiger partial charge in [0.25, 0.3) is 0 Å². The minimum absolute atomic E-state index is 0.929. The zero-order chi connectivity index (χ0) is 9.26. The van der Waals surface area contributed by atoms with Crippen molar-refractivity contribution >= 4 is 10.8 Å². The van der Waals surface area contributed by atoms with Crippen LogP contribution in [0, 0.1) is 6.92 Å². The lowest BCUT2D eigenvalue weighted by Gasteiger charge is -2.06. The molecule has 0 amide bonds. The molecule has 1 aromatic heterocycles. The molecule has 1 aromatic carbocycles. The summed E-state index contributed by atoms with van der Waals surface area (Å²) in [6, 6.07) is 6.00. The maximum Gasteiger partial charge on any atom is 0.122 e. The van der Waals surface area contributed by atoms with Gasteiger partial charge in [0.2, 0.25) is 0 Å². The van der Waals surface area contributed by atoms with E-state index in [-0.39, 0.29) is 0 Å². The van der Waals surface area contributed by atoms with E-state index >= 15 is 0 Å². The Morgan fingerprint density at radius 3 is 2.85 bits per heavy atom. The first kappa shape index (κ1) is 8.05. The van der Waals surface area contributed by atoms with Crippen molar-refractivity contribution in [2.45, 2.75) is 6.92 Å². The maximum absolute atomic E-state index is 5.23. The SMILES string of the molecule is COc1ccc2cnccc2c1C. The lowest BCUT2D eigenvalue weighted by Crippen LogP contribution is -1.88. The fourth-order valence-corrected chi connectivity index (χ4v) is 1.53. The van der Waals surface area contributed by atoms with E-state index in [1.807, 2.05) is 24.4 Å². The second-order valence-corrected chi connectivity index (χ2v) is 2.99. The van der Waals surface area contributed by atoms with E-state index in [2.05, 4.69) is 11.9 Å². The van der Waals surface area contributed by atoms with Crippen molar-refractivity contribution < 1.29 is 4.74 Å². The number of fused-ring (bicyclic) bond motifs is 1. The molecular weight excluding hydrogens is 162 g/mol. The number of benzene rings is 1.